The number of carbonyl (C=O) groups is 1. The van der Waals surface area contributed by atoms with Crippen molar-refractivity contribution in [2.75, 3.05) is 20.0 Å². The van der Waals surface area contributed by atoms with Gasteiger partial charge in [0.1, 0.15) is 0 Å². The molecular formula is C17H18N6O3. The Morgan fingerprint density at radius 3 is 2.58 bits per heavy atom. The number of nitrogens with two attached hydrogens (primary N) is 2. The second-order valence-corrected chi connectivity index (χ2v) is 5.53. The molecule has 26 heavy (non-hydrogen) atoms. The van der Waals surface area contributed by atoms with Crippen LogP contribution >= 0.6 is 0 Å². The summed E-state index contributed by atoms with van der Waals surface area (Å²) in [6, 6.07) is 5.81. The maximum absolute atomic E-state index is 11.4. The Kier molecular flexibility index (Phi) is 4.78. The van der Waals surface area contributed by atoms with E-state index >= 15 is 0 Å². The minimum Gasteiger partial charge on any atom is -0.481 e. The van der Waals surface area contributed by atoms with Crippen molar-refractivity contribution in [3.05, 3.63) is 41.2 Å². The number of aryl methyl sites for hydroxylation is 2. The van der Waals surface area contributed by atoms with Crippen molar-refractivity contribution in [3.63, 3.8) is 0 Å². The standard InChI is InChI=1S/C17H18N6O3/c1-25-16-10(8-20-17(21-16)26-2)7-6-9-4-3-5-11-12(18)14(15(19)24)23-22-13(9)11/h3-5,8H,6-7H2,1-2H3,(H2,18,22)(H2,19,24). The molecule has 0 saturated heterocycles. The van der Waals surface area contributed by atoms with Crippen LogP contribution in [0, 0.1) is 0 Å². The van der Waals surface area contributed by atoms with Gasteiger partial charge in [0.15, 0.2) is 5.69 Å². The topological polar surface area (TPSA) is 139 Å². The normalized spacial score (nSPS) is 10.7. The second kappa shape index (κ2) is 7.18. The van der Waals surface area contributed by atoms with Crippen LogP contribution in [0.2, 0.25) is 0 Å². The smallest absolute Gasteiger partial charge is 0.319 e. The molecule has 2 aromatic heterocycles. The Morgan fingerprint density at radius 2 is 1.88 bits per heavy atom. The molecule has 0 radical (unpaired) electrons. The molecule has 9 heteroatoms. The van der Waals surface area contributed by atoms with Gasteiger partial charge in [0, 0.05) is 17.1 Å². The molecule has 0 aliphatic carbocycles. The second-order valence-electron chi connectivity index (χ2n) is 5.53. The molecule has 9 nitrogen and oxygen atoms in total. The highest BCUT2D eigenvalue weighted by atomic mass is 16.5. The predicted octanol–water partition coefficient (Wildman–Crippen LogP) is 0.903. The first kappa shape index (κ1) is 17.3. The number of ether oxygens (including phenoxy) is 2. The van der Waals surface area contributed by atoms with Gasteiger partial charge < -0.3 is 20.9 Å². The monoisotopic (exact) mass is 354 g/mol. The zero-order chi connectivity index (χ0) is 18.7. The lowest BCUT2D eigenvalue weighted by molar-refractivity contribution is 0.0995. The van der Waals surface area contributed by atoms with Crippen molar-refractivity contribution in [2.45, 2.75) is 12.8 Å². The van der Waals surface area contributed by atoms with Gasteiger partial charge in [-0.1, -0.05) is 18.2 Å². The van der Waals surface area contributed by atoms with Crippen LogP contribution in [0.4, 0.5) is 5.69 Å². The average molecular weight is 354 g/mol. The Hall–Kier alpha value is -3.49. The number of carbonyl (C=O) groups excluding carboxylic acids is 1. The SMILES string of the molecule is COc1ncc(CCc2cccc3c(N)c(C(N)=O)nnc23)c(OC)n1. The number of benzene rings is 1. The molecule has 0 spiro atoms. The summed E-state index contributed by atoms with van der Waals surface area (Å²) >= 11 is 0. The van der Waals surface area contributed by atoms with Gasteiger partial charge in [0.05, 0.1) is 25.4 Å². The molecule has 3 aromatic rings. The van der Waals surface area contributed by atoms with Crippen molar-refractivity contribution < 1.29 is 14.3 Å². The van der Waals surface area contributed by atoms with Crippen LogP contribution in [0.5, 0.6) is 11.9 Å². The third kappa shape index (κ3) is 3.18. The summed E-state index contributed by atoms with van der Waals surface area (Å²) in [5, 5.41) is 8.64. The number of nitrogens with zero attached hydrogens (tertiary/aromatic N) is 4. The Labute approximate surface area is 149 Å². The number of nitrogen functional groups attached to an aromatic ring is 1. The number of fused-ring (bicyclic) bond motifs is 1. The zero-order valence-electron chi connectivity index (χ0n) is 14.4. The van der Waals surface area contributed by atoms with E-state index < -0.39 is 5.91 Å². The molecule has 4 N–H and O–H groups in total. The highest BCUT2D eigenvalue weighted by Gasteiger charge is 2.15. The molecular weight excluding hydrogens is 336 g/mol. The van der Waals surface area contributed by atoms with Gasteiger partial charge in [-0.05, 0) is 18.4 Å². The van der Waals surface area contributed by atoms with Crippen molar-refractivity contribution in [3.8, 4) is 11.9 Å². The zero-order valence-corrected chi connectivity index (χ0v) is 14.4. The summed E-state index contributed by atoms with van der Waals surface area (Å²) in [5.74, 6) is -0.249. The quantitative estimate of drug-likeness (QED) is 0.665. The number of hydrogen-bond donors (Lipinski definition) is 2. The molecule has 0 atom stereocenters. The number of methoxy groups -OCH3 is 2. The maximum atomic E-state index is 11.4. The van der Waals surface area contributed by atoms with Crippen LogP contribution < -0.4 is 20.9 Å². The Bertz CT molecular complexity index is 976. The van der Waals surface area contributed by atoms with E-state index in [0.717, 1.165) is 11.1 Å². The molecule has 1 amide bonds. The van der Waals surface area contributed by atoms with Gasteiger partial charge in [0.2, 0.25) is 5.88 Å². The minimum absolute atomic E-state index is 0.0279. The van der Waals surface area contributed by atoms with Gasteiger partial charge in [0.25, 0.3) is 5.91 Å². The summed E-state index contributed by atoms with van der Waals surface area (Å²) in [4.78, 5) is 19.7. The predicted molar refractivity (Wildman–Crippen MR) is 95.0 cm³/mol. The fourth-order valence-electron chi connectivity index (χ4n) is 2.68. The highest BCUT2D eigenvalue weighted by Crippen LogP contribution is 2.26. The van der Waals surface area contributed by atoms with Crippen LogP contribution in [-0.2, 0) is 12.8 Å². The van der Waals surface area contributed by atoms with E-state index in [4.69, 9.17) is 20.9 Å². The van der Waals surface area contributed by atoms with Gasteiger partial charge >= 0.3 is 6.01 Å². The van der Waals surface area contributed by atoms with Crippen LogP contribution in [0.15, 0.2) is 24.4 Å². The van der Waals surface area contributed by atoms with Crippen LogP contribution in [0.25, 0.3) is 10.9 Å². The lowest BCUT2D eigenvalue weighted by Crippen LogP contribution is -2.17. The Balaban J connectivity index is 1.93. The van der Waals surface area contributed by atoms with E-state index in [-0.39, 0.29) is 17.4 Å². The Morgan fingerprint density at radius 1 is 1.12 bits per heavy atom. The third-order valence-corrected chi connectivity index (χ3v) is 3.99. The van der Waals surface area contributed by atoms with Crippen LogP contribution in [0.3, 0.4) is 0 Å². The van der Waals surface area contributed by atoms with E-state index in [0.29, 0.717) is 29.6 Å². The van der Waals surface area contributed by atoms with Crippen molar-refractivity contribution in [2.24, 2.45) is 5.73 Å². The summed E-state index contributed by atoms with van der Waals surface area (Å²) in [6.07, 6.45) is 2.92. The van der Waals surface area contributed by atoms with E-state index in [1.807, 2.05) is 12.1 Å². The van der Waals surface area contributed by atoms with E-state index in [1.54, 1.807) is 19.4 Å². The summed E-state index contributed by atoms with van der Waals surface area (Å²) in [5.41, 5.74) is 13.9. The van der Waals surface area contributed by atoms with E-state index in [1.165, 1.54) is 7.11 Å². The molecule has 0 fully saturated rings. The largest absolute Gasteiger partial charge is 0.481 e. The maximum Gasteiger partial charge on any atom is 0.319 e. The van der Waals surface area contributed by atoms with E-state index in [2.05, 4.69) is 20.2 Å². The fraction of sp³-hybridized carbons (Fsp3) is 0.235. The molecule has 2 heterocycles. The molecule has 1 aromatic carbocycles. The van der Waals surface area contributed by atoms with Gasteiger partial charge in [-0.3, -0.25) is 4.79 Å². The number of aromatic nitrogens is 4. The van der Waals surface area contributed by atoms with Crippen molar-refractivity contribution >= 4 is 22.5 Å². The molecule has 0 saturated carbocycles. The highest BCUT2D eigenvalue weighted by molar-refractivity contribution is 6.04. The third-order valence-electron chi connectivity index (χ3n) is 3.99. The first-order chi connectivity index (χ1) is 12.5. The number of primary amides is 1. The van der Waals surface area contributed by atoms with Crippen LogP contribution in [-0.4, -0.2) is 40.3 Å². The average Bonchev–Trinajstić information content (AvgIpc) is 2.66. The minimum atomic E-state index is -0.706. The first-order valence-corrected chi connectivity index (χ1v) is 7.82. The summed E-state index contributed by atoms with van der Waals surface area (Å²) in [6.45, 7) is 0. The number of amides is 1. The van der Waals surface area contributed by atoms with Crippen LogP contribution in [0.1, 0.15) is 21.6 Å². The number of hydrogen-bond acceptors (Lipinski definition) is 8. The molecule has 0 bridgehead atoms. The number of rotatable bonds is 6. The molecule has 134 valence electrons. The van der Waals surface area contributed by atoms with E-state index in [9.17, 15) is 4.79 Å². The number of anilines is 1. The molecule has 0 aliphatic heterocycles. The van der Waals surface area contributed by atoms with Crippen molar-refractivity contribution in [1.29, 1.82) is 0 Å². The van der Waals surface area contributed by atoms with Gasteiger partial charge in [-0.2, -0.15) is 4.98 Å². The summed E-state index contributed by atoms with van der Waals surface area (Å²) < 4.78 is 10.3. The van der Waals surface area contributed by atoms with Gasteiger partial charge in [-0.15, -0.1) is 10.2 Å². The summed E-state index contributed by atoms with van der Waals surface area (Å²) in [7, 11) is 3.04. The van der Waals surface area contributed by atoms with Gasteiger partial charge in [-0.25, -0.2) is 4.98 Å². The molecule has 3 rings (SSSR count). The fourth-order valence-corrected chi connectivity index (χ4v) is 2.68. The lowest BCUT2D eigenvalue weighted by atomic mass is 10.0. The lowest BCUT2D eigenvalue weighted by Gasteiger charge is -2.10. The molecule has 0 unspecified atom stereocenters. The molecule has 0 aliphatic rings. The van der Waals surface area contributed by atoms with Crippen molar-refractivity contribution in [1.82, 2.24) is 20.2 Å². The first-order valence-electron chi connectivity index (χ1n) is 7.82.